The van der Waals surface area contributed by atoms with Crippen LogP contribution in [0.3, 0.4) is 0 Å². The fourth-order valence-electron chi connectivity index (χ4n) is 3.25. The summed E-state index contributed by atoms with van der Waals surface area (Å²) in [4.78, 5) is 40.2. The van der Waals surface area contributed by atoms with Crippen LogP contribution in [-0.4, -0.2) is 29.1 Å². The SMILES string of the molecule is CC(=O)c1ccc(NC(=O)c2cncc(C(=O)NCCC3=CCCCC3)c2)cc1. The summed E-state index contributed by atoms with van der Waals surface area (Å²) in [6.45, 7) is 2.06. The predicted molar refractivity (Wildman–Crippen MR) is 112 cm³/mol. The van der Waals surface area contributed by atoms with Gasteiger partial charge in [0.05, 0.1) is 11.1 Å². The highest BCUT2D eigenvalue weighted by atomic mass is 16.2. The minimum absolute atomic E-state index is 0.0365. The van der Waals surface area contributed by atoms with Crippen LogP contribution in [0.5, 0.6) is 0 Å². The average molecular weight is 391 g/mol. The van der Waals surface area contributed by atoms with Crippen molar-refractivity contribution >= 4 is 23.3 Å². The Labute approximate surface area is 170 Å². The van der Waals surface area contributed by atoms with Crippen molar-refractivity contribution in [1.29, 1.82) is 0 Å². The van der Waals surface area contributed by atoms with E-state index >= 15 is 0 Å². The molecule has 1 aromatic heterocycles. The van der Waals surface area contributed by atoms with E-state index in [1.165, 1.54) is 43.8 Å². The molecular formula is C23H25N3O3. The zero-order valence-corrected chi connectivity index (χ0v) is 16.5. The van der Waals surface area contributed by atoms with E-state index in [0.29, 0.717) is 28.9 Å². The van der Waals surface area contributed by atoms with Crippen LogP contribution in [0.15, 0.2) is 54.4 Å². The third kappa shape index (κ3) is 5.85. The number of pyridine rings is 1. The second-order valence-electron chi connectivity index (χ2n) is 7.16. The lowest BCUT2D eigenvalue weighted by atomic mass is 9.97. The standard InChI is InChI=1S/C23H25N3O3/c1-16(27)18-7-9-21(10-8-18)26-23(29)20-13-19(14-24-15-20)22(28)25-12-11-17-5-3-2-4-6-17/h5,7-10,13-15H,2-4,6,11-12H2,1H3,(H,25,28)(H,26,29). The second kappa shape index (κ2) is 9.78. The molecule has 0 saturated carbocycles. The Balaban J connectivity index is 1.57. The highest BCUT2D eigenvalue weighted by molar-refractivity contribution is 6.06. The van der Waals surface area contributed by atoms with Crippen molar-refractivity contribution in [2.75, 3.05) is 11.9 Å². The van der Waals surface area contributed by atoms with Crippen LogP contribution in [0.4, 0.5) is 5.69 Å². The largest absolute Gasteiger partial charge is 0.352 e. The molecule has 1 aromatic carbocycles. The number of amides is 2. The van der Waals surface area contributed by atoms with Gasteiger partial charge < -0.3 is 10.6 Å². The lowest BCUT2D eigenvalue weighted by Gasteiger charge is -2.13. The van der Waals surface area contributed by atoms with Gasteiger partial charge in [0.25, 0.3) is 11.8 Å². The number of nitrogens with one attached hydrogen (secondary N) is 2. The molecule has 2 amide bonds. The number of carbonyl (C=O) groups excluding carboxylic acids is 3. The Morgan fingerprint density at radius 2 is 1.69 bits per heavy atom. The number of allylic oxidation sites excluding steroid dienone is 1. The zero-order valence-electron chi connectivity index (χ0n) is 16.5. The van der Waals surface area contributed by atoms with Crippen LogP contribution in [0.2, 0.25) is 0 Å². The van der Waals surface area contributed by atoms with Gasteiger partial charge in [-0.15, -0.1) is 0 Å². The van der Waals surface area contributed by atoms with Crippen LogP contribution >= 0.6 is 0 Å². The maximum absolute atomic E-state index is 12.5. The van der Waals surface area contributed by atoms with E-state index in [2.05, 4.69) is 21.7 Å². The summed E-state index contributed by atoms with van der Waals surface area (Å²) < 4.78 is 0. The number of ketones is 1. The van der Waals surface area contributed by atoms with Gasteiger partial charge in [-0.25, -0.2) is 0 Å². The fraction of sp³-hybridized carbons (Fsp3) is 0.304. The van der Waals surface area contributed by atoms with Gasteiger partial charge in [-0.1, -0.05) is 11.6 Å². The summed E-state index contributed by atoms with van der Waals surface area (Å²) in [7, 11) is 0. The molecule has 6 nitrogen and oxygen atoms in total. The minimum atomic E-state index is -0.366. The molecule has 2 aromatic rings. The molecule has 1 aliphatic carbocycles. The van der Waals surface area contributed by atoms with Gasteiger partial charge in [0, 0.05) is 30.2 Å². The molecule has 150 valence electrons. The molecule has 1 heterocycles. The molecule has 0 bridgehead atoms. The highest BCUT2D eigenvalue weighted by Crippen LogP contribution is 2.19. The van der Waals surface area contributed by atoms with Crippen molar-refractivity contribution in [2.45, 2.75) is 39.0 Å². The molecular weight excluding hydrogens is 366 g/mol. The van der Waals surface area contributed by atoms with E-state index in [0.717, 1.165) is 19.3 Å². The van der Waals surface area contributed by atoms with Gasteiger partial charge >= 0.3 is 0 Å². The zero-order chi connectivity index (χ0) is 20.6. The predicted octanol–water partition coefficient (Wildman–Crippen LogP) is 4.16. The maximum Gasteiger partial charge on any atom is 0.257 e. The van der Waals surface area contributed by atoms with Gasteiger partial charge in [0.15, 0.2) is 5.78 Å². The van der Waals surface area contributed by atoms with E-state index in [9.17, 15) is 14.4 Å². The number of aromatic nitrogens is 1. The van der Waals surface area contributed by atoms with Crippen LogP contribution in [0.25, 0.3) is 0 Å². The summed E-state index contributed by atoms with van der Waals surface area (Å²) in [5, 5.41) is 5.64. The summed E-state index contributed by atoms with van der Waals surface area (Å²) in [6.07, 6.45) is 10.7. The number of hydrogen-bond donors (Lipinski definition) is 2. The van der Waals surface area contributed by atoms with Crippen molar-refractivity contribution in [3.8, 4) is 0 Å². The van der Waals surface area contributed by atoms with Crippen LogP contribution in [-0.2, 0) is 0 Å². The Morgan fingerprint density at radius 1 is 0.966 bits per heavy atom. The molecule has 0 spiro atoms. The minimum Gasteiger partial charge on any atom is -0.352 e. The molecule has 0 aliphatic heterocycles. The van der Waals surface area contributed by atoms with Crippen LogP contribution in [0, 0.1) is 0 Å². The normalized spacial score (nSPS) is 13.3. The van der Waals surface area contributed by atoms with E-state index in [-0.39, 0.29) is 17.6 Å². The number of Topliss-reactive ketones (excluding diaryl/α,β-unsaturated/α-hetero) is 1. The van der Waals surface area contributed by atoms with Gasteiger partial charge in [-0.3, -0.25) is 19.4 Å². The molecule has 0 radical (unpaired) electrons. The molecule has 1 aliphatic rings. The number of rotatable bonds is 7. The molecule has 6 heteroatoms. The van der Waals surface area contributed by atoms with Gasteiger partial charge in [-0.2, -0.15) is 0 Å². The first kappa shape index (κ1) is 20.5. The summed E-state index contributed by atoms with van der Waals surface area (Å²) in [6, 6.07) is 8.17. The highest BCUT2D eigenvalue weighted by Gasteiger charge is 2.12. The Kier molecular flexibility index (Phi) is 6.89. The van der Waals surface area contributed by atoms with E-state index < -0.39 is 0 Å². The Morgan fingerprint density at radius 3 is 2.34 bits per heavy atom. The molecule has 0 fully saturated rings. The first-order chi connectivity index (χ1) is 14.0. The third-order valence-electron chi connectivity index (χ3n) is 4.93. The second-order valence-corrected chi connectivity index (χ2v) is 7.16. The third-order valence-corrected chi connectivity index (χ3v) is 4.93. The van der Waals surface area contributed by atoms with Gasteiger partial charge in [0.2, 0.25) is 0 Å². The lowest BCUT2D eigenvalue weighted by molar-refractivity contribution is 0.0952. The van der Waals surface area contributed by atoms with E-state index in [1.54, 1.807) is 24.3 Å². The molecule has 29 heavy (non-hydrogen) atoms. The lowest BCUT2D eigenvalue weighted by Crippen LogP contribution is -2.25. The van der Waals surface area contributed by atoms with Crippen LogP contribution in [0.1, 0.15) is 70.1 Å². The monoisotopic (exact) mass is 391 g/mol. The molecule has 2 N–H and O–H groups in total. The quantitative estimate of drug-likeness (QED) is 0.548. The summed E-state index contributed by atoms with van der Waals surface area (Å²) in [5.41, 5.74) is 3.19. The summed E-state index contributed by atoms with van der Waals surface area (Å²) in [5.74, 6) is -0.643. The molecule has 0 atom stereocenters. The van der Waals surface area contributed by atoms with Crippen molar-refractivity contribution in [3.05, 3.63) is 71.1 Å². The first-order valence-electron chi connectivity index (χ1n) is 9.86. The number of carbonyl (C=O) groups is 3. The van der Waals surface area contributed by atoms with E-state index in [4.69, 9.17) is 0 Å². The van der Waals surface area contributed by atoms with Gasteiger partial charge in [0.1, 0.15) is 0 Å². The molecule has 0 unspecified atom stereocenters. The van der Waals surface area contributed by atoms with Crippen molar-refractivity contribution in [3.63, 3.8) is 0 Å². The Bertz CT molecular complexity index is 933. The number of nitrogens with zero attached hydrogens (tertiary/aromatic N) is 1. The van der Waals surface area contributed by atoms with Gasteiger partial charge in [-0.05, 0) is 69.4 Å². The van der Waals surface area contributed by atoms with Crippen LogP contribution < -0.4 is 10.6 Å². The number of hydrogen-bond acceptors (Lipinski definition) is 4. The van der Waals surface area contributed by atoms with Crippen molar-refractivity contribution < 1.29 is 14.4 Å². The van der Waals surface area contributed by atoms with Crippen molar-refractivity contribution in [1.82, 2.24) is 10.3 Å². The first-order valence-corrected chi connectivity index (χ1v) is 9.86. The number of anilines is 1. The van der Waals surface area contributed by atoms with E-state index in [1.807, 2.05) is 0 Å². The van der Waals surface area contributed by atoms with Crippen molar-refractivity contribution in [2.24, 2.45) is 0 Å². The number of benzene rings is 1. The maximum atomic E-state index is 12.5. The fourth-order valence-corrected chi connectivity index (χ4v) is 3.25. The average Bonchev–Trinajstić information content (AvgIpc) is 2.75. The molecule has 3 rings (SSSR count). The topological polar surface area (TPSA) is 88.2 Å². The Hall–Kier alpha value is -3.28. The summed E-state index contributed by atoms with van der Waals surface area (Å²) >= 11 is 0. The molecule has 0 saturated heterocycles. The smallest absolute Gasteiger partial charge is 0.257 e.